The molecule has 3 nitrogen and oxygen atoms in total. The molecule has 1 fully saturated rings. The molecule has 0 saturated heterocycles. The summed E-state index contributed by atoms with van der Waals surface area (Å²) in [6.45, 7) is 7.64. The van der Waals surface area contributed by atoms with Crippen LogP contribution in [0.5, 0.6) is 0 Å². The van der Waals surface area contributed by atoms with Gasteiger partial charge >= 0.3 is 0 Å². The Bertz CT molecular complexity index is 490. The van der Waals surface area contributed by atoms with Gasteiger partial charge in [-0.3, -0.25) is 4.79 Å². The number of nitrogens with one attached hydrogen (secondary N) is 1. The number of rotatable bonds is 4. The van der Waals surface area contributed by atoms with Gasteiger partial charge in [0.25, 0.3) is 5.56 Å². The average molecular weight is 276 g/mol. The standard InChI is InChI=1S/C17H28N2O/c1-4-12-19-13-15(7-8-16(19)20)18-14-6-5-10-17(2,3)11-9-14/h7-8,13-14,18H,4-6,9-12H2,1-3H3. The molecular weight excluding hydrogens is 248 g/mol. The first-order chi connectivity index (χ1) is 9.50. The summed E-state index contributed by atoms with van der Waals surface area (Å²) in [5.74, 6) is 0. The molecule has 3 heteroatoms. The number of anilines is 1. The van der Waals surface area contributed by atoms with E-state index in [9.17, 15) is 4.79 Å². The summed E-state index contributed by atoms with van der Waals surface area (Å²) in [5, 5.41) is 3.62. The summed E-state index contributed by atoms with van der Waals surface area (Å²) in [7, 11) is 0. The monoisotopic (exact) mass is 276 g/mol. The van der Waals surface area contributed by atoms with Gasteiger partial charge in [0.1, 0.15) is 0 Å². The lowest BCUT2D eigenvalue weighted by molar-refractivity contribution is 0.313. The Labute approximate surface area is 122 Å². The predicted molar refractivity (Wildman–Crippen MR) is 85.3 cm³/mol. The van der Waals surface area contributed by atoms with Crippen LogP contribution in [0.4, 0.5) is 5.69 Å². The molecular formula is C17H28N2O. The molecule has 0 spiro atoms. The molecule has 1 aliphatic rings. The number of aryl methyl sites for hydroxylation is 1. The summed E-state index contributed by atoms with van der Waals surface area (Å²) < 4.78 is 1.81. The Balaban J connectivity index is 2.02. The highest BCUT2D eigenvalue weighted by Crippen LogP contribution is 2.34. The molecule has 0 radical (unpaired) electrons. The molecule has 1 aromatic heterocycles. The number of nitrogens with zero attached hydrogens (tertiary/aromatic N) is 1. The van der Waals surface area contributed by atoms with E-state index >= 15 is 0 Å². The van der Waals surface area contributed by atoms with Crippen molar-refractivity contribution in [3.05, 3.63) is 28.7 Å². The fraction of sp³-hybridized carbons (Fsp3) is 0.706. The molecule has 2 rings (SSSR count). The molecule has 1 atom stereocenters. The number of hydrogen-bond donors (Lipinski definition) is 1. The Hall–Kier alpha value is -1.25. The molecule has 20 heavy (non-hydrogen) atoms. The minimum Gasteiger partial charge on any atom is -0.381 e. The van der Waals surface area contributed by atoms with Crippen molar-refractivity contribution in [2.75, 3.05) is 5.32 Å². The van der Waals surface area contributed by atoms with E-state index in [-0.39, 0.29) is 5.56 Å². The van der Waals surface area contributed by atoms with Gasteiger partial charge in [-0.1, -0.05) is 27.2 Å². The van der Waals surface area contributed by atoms with E-state index in [1.807, 2.05) is 16.8 Å². The van der Waals surface area contributed by atoms with Gasteiger partial charge < -0.3 is 9.88 Å². The van der Waals surface area contributed by atoms with Gasteiger partial charge in [-0.2, -0.15) is 0 Å². The lowest BCUT2D eigenvalue weighted by atomic mass is 9.85. The van der Waals surface area contributed by atoms with Crippen LogP contribution < -0.4 is 10.9 Å². The summed E-state index contributed by atoms with van der Waals surface area (Å²) in [6, 6.07) is 4.15. The van der Waals surface area contributed by atoms with Gasteiger partial charge in [0.15, 0.2) is 0 Å². The van der Waals surface area contributed by atoms with Crippen molar-refractivity contribution in [1.29, 1.82) is 0 Å². The van der Waals surface area contributed by atoms with Crippen molar-refractivity contribution < 1.29 is 0 Å². The van der Waals surface area contributed by atoms with Crippen LogP contribution in [0.2, 0.25) is 0 Å². The number of aromatic nitrogens is 1. The quantitative estimate of drug-likeness (QED) is 0.842. The highest BCUT2D eigenvalue weighted by atomic mass is 16.1. The Kier molecular flexibility index (Phi) is 4.90. The zero-order valence-electron chi connectivity index (χ0n) is 13.1. The molecule has 0 bridgehead atoms. The lowest BCUT2D eigenvalue weighted by Gasteiger charge is -2.22. The second-order valence-corrected chi connectivity index (χ2v) is 6.89. The summed E-state index contributed by atoms with van der Waals surface area (Å²) in [6.07, 6.45) is 9.30. The minimum absolute atomic E-state index is 0.0967. The maximum atomic E-state index is 11.7. The second-order valence-electron chi connectivity index (χ2n) is 6.89. The van der Waals surface area contributed by atoms with E-state index in [2.05, 4.69) is 26.1 Å². The van der Waals surface area contributed by atoms with Crippen LogP contribution in [0.1, 0.15) is 59.3 Å². The summed E-state index contributed by atoms with van der Waals surface area (Å²) in [4.78, 5) is 11.7. The summed E-state index contributed by atoms with van der Waals surface area (Å²) in [5.41, 5.74) is 1.67. The number of pyridine rings is 1. The zero-order valence-corrected chi connectivity index (χ0v) is 13.1. The largest absolute Gasteiger partial charge is 0.381 e. The topological polar surface area (TPSA) is 34.0 Å². The van der Waals surface area contributed by atoms with Gasteiger partial charge in [0, 0.05) is 24.8 Å². The van der Waals surface area contributed by atoms with E-state index in [0.29, 0.717) is 11.5 Å². The van der Waals surface area contributed by atoms with Crippen LogP contribution in [-0.4, -0.2) is 10.6 Å². The molecule has 1 heterocycles. The van der Waals surface area contributed by atoms with Crippen LogP contribution in [0.25, 0.3) is 0 Å². The van der Waals surface area contributed by atoms with Gasteiger partial charge in [-0.25, -0.2) is 0 Å². The minimum atomic E-state index is 0.0967. The van der Waals surface area contributed by atoms with E-state index in [1.54, 1.807) is 6.07 Å². The summed E-state index contributed by atoms with van der Waals surface area (Å²) >= 11 is 0. The van der Waals surface area contributed by atoms with Crippen LogP contribution in [0, 0.1) is 5.41 Å². The maximum Gasteiger partial charge on any atom is 0.250 e. The molecule has 1 N–H and O–H groups in total. The molecule has 0 aliphatic heterocycles. The Morgan fingerprint density at radius 2 is 2.10 bits per heavy atom. The van der Waals surface area contributed by atoms with Crippen LogP contribution in [-0.2, 0) is 6.54 Å². The third kappa shape index (κ3) is 4.12. The van der Waals surface area contributed by atoms with Crippen LogP contribution >= 0.6 is 0 Å². The fourth-order valence-electron chi connectivity index (χ4n) is 3.07. The molecule has 1 aliphatic carbocycles. The first-order valence-corrected chi connectivity index (χ1v) is 7.97. The third-order valence-electron chi connectivity index (χ3n) is 4.39. The fourth-order valence-corrected chi connectivity index (χ4v) is 3.07. The molecule has 112 valence electrons. The van der Waals surface area contributed by atoms with Crippen molar-refractivity contribution >= 4 is 5.69 Å². The average Bonchev–Trinajstić information content (AvgIpc) is 2.55. The maximum absolute atomic E-state index is 11.7. The molecule has 1 unspecified atom stereocenters. The van der Waals surface area contributed by atoms with Crippen molar-refractivity contribution in [2.45, 2.75) is 71.9 Å². The van der Waals surface area contributed by atoms with Crippen LogP contribution in [0.3, 0.4) is 0 Å². The molecule has 1 saturated carbocycles. The first-order valence-electron chi connectivity index (χ1n) is 7.97. The van der Waals surface area contributed by atoms with E-state index in [1.165, 1.54) is 32.1 Å². The second kappa shape index (κ2) is 6.47. The van der Waals surface area contributed by atoms with Gasteiger partial charge in [0.05, 0.1) is 5.69 Å². The molecule has 1 aromatic rings. The SMILES string of the molecule is CCCn1cc(NC2CCCC(C)(C)CC2)ccc1=O. The van der Waals surface area contributed by atoms with Crippen molar-refractivity contribution in [3.8, 4) is 0 Å². The van der Waals surface area contributed by atoms with Crippen molar-refractivity contribution in [1.82, 2.24) is 4.57 Å². The number of hydrogen-bond acceptors (Lipinski definition) is 2. The van der Waals surface area contributed by atoms with Gasteiger partial charge in [-0.15, -0.1) is 0 Å². The van der Waals surface area contributed by atoms with Crippen LogP contribution in [0.15, 0.2) is 23.1 Å². The third-order valence-corrected chi connectivity index (χ3v) is 4.39. The Morgan fingerprint density at radius 1 is 1.30 bits per heavy atom. The zero-order chi connectivity index (χ0) is 14.6. The Morgan fingerprint density at radius 3 is 2.85 bits per heavy atom. The highest BCUT2D eigenvalue weighted by molar-refractivity contribution is 5.41. The van der Waals surface area contributed by atoms with Crippen molar-refractivity contribution in [2.24, 2.45) is 5.41 Å². The smallest absolute Gasteiger partial charge is 0.250 e. The first kappa shape index (κ1) is 15.1. The van der Waals surface area contributed by atoms with E-state index < -0.39 is 0 Å². The lowest BCUT2D eigenvalue weighted by Crippen LogP contribution is -2.23. The predicted octanol–water partition coefficient (Wildman–Crippen LogP) is 4.03. The molecule has 0 amide bonds. The van der Waals surface area contributed by atoms with Gasteiger partial charge in [-0.05, 0) is 43.6 Å². The van der Waals surface area contributed by atoms with E-state index in [4.69, 9.17) is 0 Å². The normalized spacial score (nSPS) is 22.2. The van der Waals surface area contributed by atoms with Gasteiger partial charge in [0.2, 0.25) is 0 Å². The highest BCUT2D eigenvalue weighted by Gasteiger charge is 2.24. The molecule has 0 aromatic carbocycles. The van der Waals surface area contributed by atoms with Crippen molar-refractivity contribution in [3.63, 3.8) is 0 Å². The van der Waals surface area contributed by atoms with E-state index in [0.717, 1.165) is 18.7 Å².